The van der Waals surface area contributed by atoms with Gasteiger partial charge in [0.05, 0.1) is 0 Å². The Morgan fingerprint density at radius 3 is 3.00 bits per heavy atom. The quantitative estimate of drug-likeness (QED) is 0.743. The lowest BCUT2D eigenvalue weighted by atomic mass is 10.3. The summed E-state index contributed by atoms with van der Waals surface area (Å²) in [6.45, 7) is 3.34. The van der Waals surface area contributed by atoms with Crippen molar-refractivity contribution in [3.05, 3.63) is 24.3 Å². The van der Waals surface area contributed by atoms with Crippen LogP contribution in [0.15, 0.2) is 24.3 Å². The molecule has 1 aromatic carbocycles. The molecule has 0 bridgehead atoms. The summed E-state index contributed by atoms with van der Waals surface area (Å²) in [4.78, 5) is 11.4. The second-order valence-electron chi connectivity index (χ2n) is 3.35. The zero-order chi connectivity index (χ0) is 12.5. The second kappa shape index (κ2) is 7.65. The Hall–Kier alpha value is -1.59. The van der Waals surface area contributed by atoms with Crippen molar-refractivity contribution >= 4 is 11.6 Å². The van der Waals surface area contributed by atoms with Crippen LogP contribution in [0, 0.1) is 0 Å². The summed E-state index contributed by atoms with van der Waals surface area (Å²) in [6.07, 6.45) is 0. The van der Waals surface area contributed by atoms with E-state index in [1.807, 2.05) is 19.1 Å². The highest BCUT2D eigenvalue weighted by Gasteiger charge is 2.02. The molecule has 0 saturated heterocycles. The fourth-order valence-electron chi connectivity index (χ4n) is 1.23. The van der Waals surface area contributed by atoms with Crippen LogP contribution in [0.3, 0.4) is 0 Å². The van der Waals surface area contributed by atoms with Crippen LogP contribution in [0.1, 0.15) is 6.92 Å². The van der Waals surface area contributed by atoms with Gasteiger partial charge in [0.25, 0.3) is 0 Å². The fourth-order valence-corrected chi connectivity index (χ4v) is 1.23. The maximum absolute atomic E-state index is 11.4. The van der Waals surface area contributed by atoms with Crippen molar-refractivity contribution in [1.82, 2.24) is 0 Å². The molecule has 17 heavy (non-hydrogen) atoms. The molecule has 5 heteroatoms. The summed E-state index contributed by atoms with van der Waals surface area (Å²) in [7, 11) is 0. The van der Waals surface area contributed by atoms with Gasteiger partial charge in [-0.2, -0.15) is 0 Å². The van der Waals surface area contributed by atoms with Gasteiger partial charge in [0.1, 0.15) is 19.0 Å². The van der Waals surface area contributed by atoms with E-state index in [0.717, 1.165) is 0 Å². The number of amides is 1. The van der Waals surface area contributed by atoms with E-state index in [9.17, 15) is 4.79 Å². The van der Waals surface area contributed by atoms with Crippen LogP contribution in [0.2, 0.25) is 0 Å². The van der Waals surface area contributed by atoms with Gasteiger partial charge in [0.2, 0.25) is 5.91 Å². The topological polar surface area (TPSA) is 73.6 Å². The van der Waals surface area contributed by atoms with Gasteiger partial charge in [-0.1, -0.05) is 6.07 Å². The molecule has 0 radical (unpaired) electrons. The van der Waals surface area contributed by atoms with Crippen LogP contribution in [-0.4, -0.2) is 32.3 Å². The number of nitrogens with two attached hydrogens (primary N) is 1. The third-order valence-corrected chi connectivity index (χ3v) is 1.94. The van der Waals surface area contributed by atoms with Crippen molar-refractivity contribution in [3.63, 3.8) is 0 Å². The van der Waals surface area contributed by atoms with Gasteiger partial charge >= 0.3 is 0 Å². The Morgan fingerprint density at radius 2 is 2.29 bits per heavy atom. The Balaban J connectivity index is 2.50. The van der Waals surface area contributed by atoms with E-state index in [0.29, 0.717) is 31.2 Å². The van der Waals surface area contributed by atoms with Crippen molar-refractivity contribution in [3.8, 4) is 5.75 Å². The highest BCUT2D eigenvalue weighted by molar-refractivity contribution is 5.91. The Morgan fingerprint density at radius 1 is 1.47 bits per heavy atom. The van der Waals surface area contributed by atoms with E-state index in [2.05, 4.69) is 5.32 Å². The summed E-state index contributed by atoms with van der Waals surface area (Å²) in [5.74, 6) is 0.507. The molecule has 0 atom stereocenters. The van der Waals surface area contributed by atoms with Gasteiger partial charge in [0.15, 0.2) is 0 Å². The van der Waals surface area contributed by atoms with Crippen LogP contribution in [0.25, 0.3) is 0 Å². The number of nitrogens with one attached hydrogen (secondary N) is 1. The summed E-state index contributed by atoms with van der Waals surface area (Å²) < 4.78 is 10.4. The second-order valence-corrected chi connectivity index (χ2v) is 3.35. The molecule has 0 unspecified atom stereocenters. The molecule has 94 valence electrons. The average molecular weight is 238 g/mol. The molecule has 5 nitrogen and oxygen atoms in total. The molecule has 0 aromatic heterocycles. The first kappa shape index (κ1) is 13.5. The summed E-state index contributed by atoms with van der Waals surface area (Å²) in [5.41, 5.74) is 6.02. The minimum atomic E-state index is -0.178. The molecule has 0 saturated carbocycles. The van der Waals surface area contributed by atoms with Crippen molar-refractivity contribution in [2.24, 2.45) is 5.73 Å². The van der Waals surface area contributed by atoms with Crippen molar-refractivity contribution in [1.29, 1.82) is 0 Å². The first-order chi connectivity index (χ1) is 8.26. The Labute approximate surface area is 101 Å². The van der Waals surface area contributed by atoms with Crippen molar-refractivity contribution in [2.75, 3.05) is 31.7 Å². The van der Waals surface area contributed by atoms with Gasteiger partial charge < -0.3 is 20.5 Å². The molecule has 0 fully saturated rings. The number of carbonyl (C=O) groups is 1. The first-order valence-corrected chi connectivity index (χ1v) is 5.56. The Bertz CT molecular complexity index is 355. The van der Waals surface area contributed by atoms with Crippen molar-refractivity contribution in [2.45, 2.75) is 6.92 Å². The number of hydrogen-bond acceptors (Lipinski definition) is 4. The van der Waals surface area contributed by atoms with E-state index < -0.39 is 0 Å². The lowest BCUT2D eigenvalue weighted by molar-refractivity contribution is -0.120. The van der Waals surface area contributed by atoms with E-state index in [1.165, 1.54) is 0 Å². The summed E-state index contributed by atoms with van der Waals surface area (Å²) in [5, 5.41) is 2.72. The summed E-state index contributed by atoms with van der Waals surface area (Å²) in [6, 6.07) is 7.16. The van der Waals surface area contributed by atoms with Crippen molar-refractivity contribution < 1.29 is 14.3 Å². The monoisotopic (exact) mass is 238 g/mol. The van der Waals surface area contributed by atoms with E-state index in [-0.39, 0.29) is 12.5 Å². The van der Waals surface area contributed by atoms with E-state index >= 15 is 0 Å². The molecule has 0 aliphatic carbocycles. The SMILES string of the molecule is CCOCC(=O)Nc1cccc(OCCN)c1. The number of hydrogen-bond donors (Lipinski definition) is 2. The largest absolute Gasteiger partial charge is 0.492 e. The zero-order valence-corrected chi connectivity index (χ0v) is 9.94. The third-order valence-electron chi connectivity index (χ3n) is 1.94. The molecule has 1 amide bonds. The van der Waals surface area contributed by atoms with E-state index in [1.54, 1.807) is 12.1 Å². The lowest BCUT2D eigenvalue weighted by Gasteiger charge is -2.08. The molecule has 0 heterocycles. The van der Waals surface area contributed by atoms with Crippen LogP contribution in [0.5, 0.6) is 5.75 Å². The molecular formula is C12H18N2O3. The molecule has 3 N–H and O–H groups in total. The maximum Gasteiger partial charge on any atom is 0.250 e. The normalized spacial score (nSPS) is 10.0. The van der Waals surface area contributed by atoms with Gasteiger partial charge in [-0.05, 0) is 19.1 Å². The number of ether oxygens (including phenoxy) is 2. The maximum atomic E-state index is 11.4. The smallest absolute Gasteiger partial charge is 0.250 e. The van der Waals surface area contributed by atoms with Gasteiger partial charge in [-0.3, -0.25) is 4.79 Å². The number of anilines is 1. The lowest BCUT2D eigenvalue weighted by Crippen LogP contribution is -2.18. The number of rotatable bonds is 7. The van der Waals surface area contributed by atoms with Crippen LogP contribution < -0.4 is 15.8 Å². The minimum Gasteiger partial charge on any atom is -0.492 e. The molecule has 1 aromatic rings. The Kier molecular flexibility index (Phi) is 6.06. The van der Waals surface area contributed by atoms with Gasteiger partial charge in [0, 0.05) is 24.9 Å². The van der Waals surface area contributed by atoms with Gasteiger partial charge in [-0.25, -0.2) is 0 Å². The minimum absolute atomic E-state index is 0.0599. The number of carbonyl (C=O) groups excluding carboxylic acids is 1. The molecule has 1 rings (SSSR count). The fraction of sp³-hybridized carbons (Fsp3) is 0.417. The highest BCUT2D eigenvalue weighted by Crippen LogP contribution is 2.16. The average Bonchev–Trinajstić information content (AvgIpc) is 2.34. The number of benzene rings is 1. The van der Waals surface area contributed by atoms with Gasteiger partial charge in [-0.15, -0.1) is 0 Å². The summed E-state index contributed by atoms with van der Waals surface area (Å²) >= 11 is 0. The predicted octanol–water partition coefficient (Wildman–Crippen LogP) is 0.999. The zero-order valence-electron chi connectivity index (χ0n) is 9.94. The molecule has 0 aliphatic rings. The molecule has 0 aliphatic heterocycles. The standard InChI is InChI=1S/C12H18N2O3/c1-2-16-9-12(15)14-10-4-3-5-11(8-10)17-7-6-13/h3-5,8H,2,6-7,9,13H2,1H3,(H,14,15). The van der Waals surface area contributed by atoms with E-state index in [4.69, 9.17) is 15.2 Å². The van der Waals surface area contributed by atoms with Crippen LogP contribution in [-0.2, 0) is 9.53 Å². The predicted molar refractivity (Wildman–Crippen MR) is 66.1 cm³/mol. The highest BCUT2D eigenvalue weighted by atomic mass is 16.5. The molecule has 0 spiro atoms. The molecular weight excluding hydrogens is 220 g/mol. The van der Waals surface area contributed by atoms with Crippen LogP contribution in [0.4, 0.5) is 5.69 Å². The van der Waals surface area contributed by atoms with Crippen LogP contribution >= 0.6 is 0 Å². The first-order valence-electron chi connectivity index (χ1n) is 5.56. The third kappa shape index (κ3) is 5.33.